The first kappa shape index (κ1) is 30.5. The fourth-order valence-electron chi connectivity index (χ4n) is 4.02. The Labute approximate surface area is 240 Å². The summed E-state index contributed by atoms with van der Waals surface area (Å²) in [6.07, 6.45) is 1.24. The second kappa shape index (κ2) is 13.8. The second-order valence-electron chi connectivity index (χ2n) is 9.24. The second-order valence-corrected chi connectivity index (χ2v) is 12.0. The average Bonchev–Trinajstić information content (AvgIpc) is 2.90. The molecule has 0 saturated carbocycles. The number of hydrogen-bond acceptors (Lipinski definition) is 4. The summed E-state index contributed by atoms with van der Waals surface area (Å²) in [7, 11) is -4.19. The van der Waals surface area contributed by atoms with Crippen LogP contribution in [-0.4, -0.2) is 50.8 Å². The van der Waals surface area contributed by atoms with Gasteiger partial charge in [0.05, 0.1) is 10.6 Å². The highest BCUT2D eigenvalue weighted by Gasteiger charge is 2.32. The maximum Gasteiger partial charge on any atom is 0.264 e. The SMILES string of the molecule is CCCNC(=O)[C@@H](C)N(CCc1ccccc1)C(=O)CN(c1cc(Cl)cc(Cl)c1)S(=O)(=O)c1ccc(C)cc1. The van der Waals surface area contributed by atoms with Gasteiger partial charge in [-0.3, -0.25) is 13.9 Å². The molecular weight excluding hydrogens is 557 g/mol. The average molecular weight is 591 g/mol. The van der Waals surface area contributed by atoms with E-state index in [4.69, 9.17) is 23.2 Å². The molecule has 208 valence electrons. The highest BCUT2D eigenvalue weighted by molar-refractivity contribution is 7.92. The molecule has 0 heterocycles. The lowest BCUT2D eigenvalue weighted by Gasteiger charge is -2.32. The lowest BCUT2D eigenvalue weighted by molar-refractivity contribution is -0.138. The van der Waals surface area contributed by atoms with Crippen LogP contribution in [0.4, 0.5) is 5.69 Å². The summed E-state index contributed by atoms with van der Waals surface area (Å²) in [4.78, 5) is 28.2. The molecule has 0 saturated heterocycles. The molecule has 10 heteroatoms. The number of hydrogen-bond donors (Lipinski definition) is 1. The van der Waals surface area contributed by atoms with E-state index in [1.165, 1.54) is 35.2 Å². The van der Waals surface area contributed by atoms with Crippen LogP contribution in [0, 0.1) is 6.92 Å². The first-order valence-corrected chi connectivity index (χ1v) is 14.9. The van der Waals surface area contributed by atoms with Gasteiger partial charge in [0.25, 0.3) is 10.0 Å². The number of aryl methyl sites for hydroxylation is 1. The van der Waals surface area contributed by atoms with E-state index in [0.29, 0.717) is 13.0 Å². The van der Waals surface area contributed by atoms with Gasteiger partial charge in [0.15, 0.2) is 0 Å². The number of halogens is 2. The predicted molar refractivity (Wildman–Crippen MR) is 157 cm³/mol. The molecule has 0 aromatic heterocycles. The first-order chi connectivity index (χ1) is 18.5. The van der Waals surface area contributed by atoms with Gasteiger partial charge in [-0.1, -0.05) is 78.2 Å². The number of carbonyl (C=O) groups is 2. The normalized spacial score (nSPS) is 12.0. The summed E-state index contributed by atoms with van der Waals surface area (Å²) in [6.45, 7) is 5.57. The van der Waals surface area contributed by atoms with Crippen LogP contribution in [0.1, 0.15) is 31.4 Å². The van der Waals surface area contributed by atoms with Crippen LogP contribution in [0.5, 0.6) is 0 Å². The number of rotatable bonds is 12. The van der Waals surface area contributed by atoms with Crippen molar-refractivity contribution in [3.05, 3.63) is 94.0 Å². The van der Waals surface area contributed by atoms with Crippen LogP contribution in [0.15, 0.2) is 77.7 Å². The maximum absolute atomic E-state index is 13.8. The molecule has 3 aromatic rings. The molecule has 7 nitrogen and oxygen atoms in total. The van der Waals surface area contributed by atoms with E-state index in [2.05, 4.69) is 5.32 Å². The monoisotopic (exact) mass is 589 g/mol. The third-order valence-corrected chi connectivity index (χ3v) is 8.45. The number of amides is 2. The maximum atomic E-state index is 13.8. The molecule has 3 rings (SSSR count). The largest absolute Gasteiger partial charge is 0.354 e. The van der Waals surface area contributed by atoms with E-state index < -0.39 is 28.5 Å². The van der Waals surface area contributed by atoms with Crippen LogP contribution in [-0.2, 0) is 26.0 Å². The van der Waals surface area contributed by atoms with Crippen LogP contribution in [0.3, 0.4) is 0 Å². The van der Waals surface area contributed by atoms with Gasteiger partial charge in [0.1, 0.15) is 12.6 Å². The Morgan fingerprint density at radius 1 is 0.949 bits per heavy atom. The Kier molecular flexibility index (Phi) is 10.8. The molecule has 2 amide bonds. The van der Waals surface area contributed by atoms with Gasteiger partial charge in [0.2, 0.25) is 11.8 Å². The van der Waals surface area contributed by atoms with E-state index in [1.54, 1.807) is 19.1 Å². The van der Waals surface area contributed by atoms with Crippen LogP contribution in [0.25, 0.3) is 0 Å². The van der Waals surface area contributed by atoms with E-state index >= 15 is 0 Å². The summed E-state index contributed by atoms with van der Waals surface area (Å²) >= 11 is 12.4. The van der Waals surface area contributed by atoms with Gasteiger partial charge in [0, 0.05) is 23.1 Å². The van der Waals surface area contributed by atoms with E-state index in [-0.39, 0.29) is 33.1 Å². The smallest absolute Gasteiger partial charge is 0.264 e. The molecule has 1 atom stereocenters. The van der Waals surface area contributed by atoms with Gasteiger partial charge >= 0.3 is 0 Å². The third-order valence-electron chi connectivity index (χ3n) is 6.22. The fraction of sp³-hybridized carbons (Fsp3) is 0.310. The molecule has 0 radical (unpaired) electrons. The molecule has 1 N–H and O–H groups in total. The van der Waals surface area contributed by atoms with Gasteiger partial charge in [-0.2, -0.15) is 0 Å². The molecule has 0 aliphatic carbocycles. The van der Waals surface area contributed by atoms with E-state index in [9.17, 15) is 18.0 Å². The lowest BCUT2D eigenvalue weighted by atomic mass is 10.1. The Morgan fingerprint density at radius 2 is 1.56 bits per heavy atom. The zero-order valence-corrected chi connectivity index (χ0v) is 24.6. The fourth-order valence-corrected chi connectivity index (χ4v) is 5.93. The summed E-state index contributed by atoms with van der Waals surface area (Å²) < 4.78 is 28.7. The number of carbonyl (C=O) groups excluding carboxylic acids is 2. The quantitative estimate of drug-likeness (QED) is 0.303. The highest BCUT2D eigenvalue weighted by Crippen LogP contribution is 2.30. The molecule has 0 spiro atoms. The minimum atomic E-state index is -4.19. The molecular formula is C29H33Cl2N3O4S. The van der Waals surface area contributed by atoms with Crippen molar-refractivity contribution in [2.45, 2.75) is 44.6 Å². The lowest BCUT2D eigenvalue weighted by Crippen LogP contribution is -2.52. The number of nitrogens with zero attached hydrogens (tertiary/aromatic N) is 2. The summed E-state index contributed by atoms with van der Waals surface area (Å²) in [5.41, 5.74) is 2.02. The number of anilines is 1. The standard InChI is InChI=1S/C29H33Cl2N3O4S/c1-4-15-32-29(36)22(3)33(16-14-23-8-6-5-7-9-23)28(35)20-34(26-18-24(30)17-25(31)19-26)39(37,38)27-12-10-21(2)11-13-27/h5-13,17-19,22H,4,14-16,20H2,1-3H3,(H,32,36)/t22-/m1/s1. The number of nitrogens with one attached hydrogen (secondary N) is 1. The van der Waals surface area contributed by atoms with Gasteiger partial charge < -0.3 is 10.2 Å². The molecule has 0 aliphatic rings. The van der Waals surface area contributed by atoms with Crippen molar-refractivity contribution in [2.24, 2.45) is 0 Å². The number of sulfonamides is 1. The first-order valence-electron chi connectivity index (χ1n) is 12.7. The molecule has 0 aliphatic heterocycles. The molecule has 0 bridgehead atoms. The summed E-state index contributed by atoms with van der Waals surface area (Å²) in [5.74, 6) is -0.839. The number of benzene rings is 3. The predicted octanol–water partition coefficient (Wildman–Crippen LogP) is 5.48. The van der Waals surface area contributed by atoms with Gasteiger partial charge in [-0.15, -0.1) is 0 Å². The van der Waals surface area contributed by atoms with Crippen molar-refractivity contribution in [2.75, 3.05) is 23.9 Å². The van der Waals surface area contributed by atoms with E-state index in [0.717, 1.165) is 21.9 Å². The van der Waals surface area contributed by atoms with Crippen molar-refractivity contribution in [3.8, 4) is 0 Å². The summed E-state index contributed by atoms with van der Waals surface area (Å²) in [5, 5.41) is 3.28. The van der Waals surface area contributed by atoms with Crippen molar-refractivity contribution in [1.29, 1.82) is 0 Å². The van der Waals surface area contributed by atoms with Crippen LogP contribution >= 0.6 is 23.2 Å². The van der Waals surface area contributed by atoms with Crippen molar-refractivity contribution in [1.82, 2.24) is 10.2 Å². The summed E-state index contributed by atoms with van der Waals surface area (Å²) in [6, 6.07) is 19.5. The Bertz CT molecular complexity index is 1360. The highest BCUT2D eigenvalue weighted by atomic mass is 35.5. The Balaban J connectivity index is 2.00. The minimum absolute atomic E-state index is 0.0153. The van der Waals surface area contributed by atoms with Crippen LogP contribution < -0.4 is 9.62 Å². The van der Waals surface area contributed by atoms with Gasteiger partial charge in [-0.25, -0.2) is 8.42 Å². The Hall–Kier alpha value is -3.07. The van der Waals surface area contributed by atoms with Crippen molar-refractivity contribution in [3.63, 3.8) is 0 Å². The van der Waals surface area contributed by atoms with Crippen molar-refractivity contribution >= 4 is 50.7 Å². The van der Waals surface area contributed by atoms with E-state index in [1.807, 2.05) is 44.2 Å². The van der Waals surface area contributed by atoms with Gasteiger partial charge in [-0.05, 0) is 62.6 Å². The molecule has 39 heavy (non-hydrogen) atoms. The molecule has 0 fully saturated rings. The molecule has 3 aromatic carbocycles. The molecule has 0 unspecified atom stereocenters. The zero-order chi connectivity index (χ0) is 28.6. The van der Waals surface area contributed by atoms with Crippen molar-refractivity contribution < 1.29 is 18.0 Å². The third kappa shape index (κ3) is 8.21. The van der Waals surface area contributed by atoms with Crippen LogP contribution in [0.2, 0.25) is 10.0 Å². The zero-order valence-electron chi connectivity index (χ0n) is 22.2. The minimum Gasteiger partial charge on any atom is -0.354 e. The Morgan fingerprint density at radius 3 is 2.15 bits per heavy atom. The topological polar surface area (TPSA) is 86.8 Å².